The van der Waals surface area contributed by atoms with Gasteiger partial charge in [-0.3, -0.25) is 4.79 Å². The molecule has 0 saturated carbocycles. The molecule has 1 N–H and O–H groups in total. The van der Waals surface area contributed by atoms with Crippen LogP contribution < -0.4 is 5.32 Å². The maximum absolute atomic E-state index is 11.0. The highest BCUT2D eigenvalue weighted by Crippen LogP contribution is 2.11. The average Bonchev–Trinajstić information content (AvgIpc) is 2.31. The number of Topliss-reactive ketones (excluding diaryl/α,β-unsaturated/α-hetero) is 1. The molecule has 0 amide bonds. The van der Waals surface area contributed by atoms with Crippen LogP contribution in [0.3, 0.4) is 0 Å². The van der Waals surface area contributed by atoms with Gasteiger partial charge in [0.05, 0.1) is 19.3 Å². The zero-order valence-electron chi connectivity index (χ0n) is 10.5. The first-order chi connectivity index (χ1) is 7.72. The van der Waals surface area contributed by atoms with Crippen LogP contribution in [0.15, 0.2) is 0 Å². The molecule has 0 bridgehead atoms. The lowest BCUT2D eigenvalue weighted by molar-refractivity contribution is -0.118. The quantitative estimate of drug-likeness (QED) is 0.660. The van der Waals surface area contributed by atoms with E-state index in [-0.39, 0.29) is 7.21 Å². The fourth-order valence-corrected chi connectivity index (χ4v) is 1.80. The number of nitrogens with one attached hydrogen (secondary N) is 1. The molecule has 0 unspecified atom stereocenters. The Morgan fingerprint density at radius 1 is 1.50 bits per heavy atom. The SMILES string of the molecule is CCC(=O)CNCCOC1CCN(C)CC1.[HH]. The zero-order valence-corrected chi connectivity index (χ0v) is 10.5. The Bertz CT molecular complexity index is 207. The van der Waals surface area contributed by atoms with Crippen molar-refractivity contribution in [1.29, 1.82) is 0 Å². The number of hydrogen-bond acceptors (Lipinski definition) is 4. The smallest absolute Gasteiger partial charge is 0.146 e. The van der Waals surface area contributed by atoms with Gasteiger partial charge in [-0.1, -0.05) is 6.92 Å². The number of piperidine rings is 1. The van der Waals surface area contributed by atoms with Gasteiger partial charge >= 0.3 is 0 Å². The van der Waals surface area contributed by atoms with E-state index in [4.69, 9.17) is 4.74 Å². The Balaban J connectivity index is 0.00000256. The molecule has 1 fully saturated rings. The van der Waals surface area contributed by atoms with Crippen LogP contribution in [0.5, 0.6) is 0 Å². The van der Waals surface area contributed by atoms with Crippen LogP contribution in [0.2, 0.25) is 0 Å². The van der Waals surface area contributed by atoms with Gasteiger partial charge in [0.1, 0.15) is 5.78 Å². The Labute approximate surface area is 99.8 Å². The molecule has 1 aliphatic rings. The molecule has 1 heterocycles. The number of carbonyl (C=O) groups excluding carboxylic acids is 1. The summed E-state index contributed by atoms with van der Waals surface area (Å²) in [6.45, 7) is 6.12. The van der Waals surface area contributed by atoms with Crippen LogP contribution in [0.1, 0.15) is 27.6 Å². The highest BCUT2D eigenvalue weighted by molar-refractivity contribution is 5.80. The van der Waals surface area contributed by atoms with Crippen molar-refractivity contribution in [3.05, 3.63) is 0 Å². The average molecular weight is 230 g/mol. The number of hydrogen-bond donors (Lipinski definition) is 1. The third-order valence-corrected chi connectivity index (χ3v) is 3.01. The molecule has 0 radical (unpaired) electrons. The van der Waals surface area contributed by atoms with E-state index in [1.165, 1.54) is 0 Å². The second-order valence-electron chi connectivity index (χ2n) is 4.44. The first-order valence-corrected chi connectivity index (χ1v) is 6.25. The van der Waals surface area contributed by atoms with Crippen molar-refractivity contribution >= 4 is 5.78 Å². The van der Waals surface area contributed by atoms with Gasteiger partial charge in [-0.2, -0.15) is 0 Å². The predicted octanol–water partition coefficient (Wildman–Crippen LogP) is 0.912. The van der Waals surface area contributed by atoms with Crippen LogP contribution in [0, 0.1) is 0 Å². The van der Waals surface area contributed by atoms with Crippen LogP contribution >= 0.6 is 0 Å². The molecule has 1 rings (SSSR count). The highest BCUT2D eigenvalue weighted by Gasteiger charge is 2.16. The molecule has 1 saturated heterocycles. The van der Waals surface area contributed by atoms with Crippen molar-refractivity contribution in [3.8, 4) is 0 Å². The van der Waals surface area contributed by atoms with Crippen molar-refractivity contribution in [1.82, 2.24) is 10.2 Å². The van der Waals surface area contributed by atoms with Crippen molar-refractivity contribution in [2.45, 2.75) is 32.3 Å². The summed E-state index contributed by atoms with van der Waals surface area (Å²) in [5.74, 6) is 0.263. The van der Waals surface area contributed by atoms with Gasteiger partial charge in [-0.25, -0.2) is 0 Å². The summed E-state index contributed by atoms with van der Waals surface area (Å²) < 4.78 is 5.75. The second kappa shape index (κ2) is 7.76. The molecule has 96 valence electrons. The highest BCUT2D eigenvalue weighted by atomic mass is 16.5. The maximum Gasteiger partial charge on any atom is 0.146 e. The lowest BCUT2D eigenvalue weighted by atomic mass is 10.1. The van der Waals surface area contributed by atoms with E-state index >= 15 is 0 Å². The monoisotopic (exact) mass is 230 g/mol. The van der Waals surface area contributed by atoms with Gasteiger partial charge in [-0.15, -0.1) is 0 Å². The first-order valence-electron chi connectivity index (χ1n) is 6.25. The van der Waals surface area contributed by atoms with Gasteiger partial charge < -0.3 is 15.0 Å². The largest absolute Gasteiger partial charge is 0.377 e. The summed E-state index contributed by atoms with van der Waals surface area (Å²) in [6, 6.07) is 0. The van der Waals surface area contributed by atoms with E-state index < -0.39 is 0 Å². The van der Waals surface area contributed by atoms with E-state index in [1.54, 1.807) is 0 Å². The molecular weight excluding hydrogens is 204 g/mol. The maximum atomic E-state index is 11.0. The Morgan fingerprint density at radius 2 is 2.19 bits per heavy atom. The predicted molar refractivity (Wildman–Crippen MR) is 66.8 cm³/mol. The van der Waals surface area contributed by atoms with Gasteiger partial charge in [0.15, 0.2) is 0 Å². The summed E-state index contributed by atoms with van der Waals surface area (Å²) in [4.78, 5) is 13.3. The summed E-state index contributed by atoms with van der Waals surface area (Å²) in [7, 11) is 2.15. The first kappa shape index (κ1) is 13.6. The second-order valence-corrected chi connectivity index (χ2v) is 4.44. The molecule has 0 aromatic carbocycles. The molecule has 0 aromatic rings. The fourth-order valence-electron chi connectivity index (χ4n) is 1.80. The molecule has 4 heteroatoms. The molecule has 4 nitrogen and oxygen atoms in total. The lowest BCUT2D eigenvalue weighted by Crippen LogP contribution is -2.35. The molecule has 1 aliphatic heterocycles. The minimum absolute atomic E-state index is 0. The van der Waals surface area contributed by atoms with Crippen molar-refractivity contribution in [3.63, 3.8) is 0 Å². The lowest BCUT2D eigenvalue weighted by Gasteiger charge is -2.28. The van der Waals surface area contributed by atoms with E-state index in [1.807, 2.05) is 6.92 Å². The van der Waals surface area contributed by atoms with Crippen LogP contribution in [-0.4, -0.2) is 56.6 Å². The minimum Gasteiger partial charge on any atom is -0.377 e. The molecule has 0 aromatic heterocycles. The van der Waals surface area contributed by atoms with E-state index in [0.717, 1.165) is 32.5 Å². The van der Waals surface area contributed by atoms with E-state index in [2.05, 4.69) is 17.3 Å². The normalized spacial score (nSPS) is 18.9. The summed E-state index contributed by atoms with van der Waals surface area (Å²) in [5.41, 5.74) is 0. The molecule has 16 heavy (non-hydrogen) atoms. The van der Waals surface area contributed by atoms with Crippen molar-refractivity contribution in [2.75, 3.05) is 39.8 Å². The van der Waals surface area contributed by atoms with Crippen molar-refractivity contribution in [2.24, 2.45) is 0 Å². The van der Waals surface area contributed by atoms with Crippen LogP contribution in [0.25, 0.3) is 0 Å². The Kier molecular flexibility index (Phi) is 6.61. The molecule has 0 atom stereocenters. The van der Waals surface area contributed by atoms with Gasteiger partial charge in [0, 0.05) is 27.5 Å². The molecule has 0 aliphatic carbocycles. The van der Waals surface area contributed by atoms with Crippen molar-refractivity contribution < 1.29 is 11.0 Å². The third-order valence-electron chi connectivity index (χ3n) is 3.01. The Morgan fingerprint density at radius 3 is 2.81 bits per heavy atom. The number of likely N-dealkylation sites (tertiary alicyclic amines) is 1. The van der Waals surface area contributed by atoms with Crippen LogP contribution in [0.4, 0.5) is 0 Å². The molecular formula is C12H26N2O2. The minimum atomic E-state index is 0. The van der Waals surface area contributed by atoms with Crippen LogP contribution in [-0.2, 0) is 9.53 Å². The van der Waals surface area contributed by atoms with E-state index in [0.29, 0.717) is 25.7 Å². The number of ketones is 1. The topological polar surface area (TPSA) is 41.6 Å². The summed E-state index contributed by atoms with van der Waals surface area (Å²) in [5, 5.41) is 3.10. The zero-order chi connectivity index (χ0) is 11.8. The molecule has 0 spiro atoms. The van der Waals surface area contributed by atoms with Gasteiger partial charge in [0.25, 0.3) is 0 Å². The summed E-state index contributed by atoms with van der Waals surface area (Å²) in [6.07, 6.45) is 3.29. The fraction of sp³-hybridized carbons (Fsp3) is 0.917. The number of rotatable bonds is 7. The number of ether oxygens (including phenoxy) is 1. The number of carbonyl (C=O) groups is 1. The summed E-state index contributed by atoms with van der Waals surface area (Å²) >= 11 is 0. The number of nitrogens with zero attached hydrogens (tertiary/aromatic N) is 1. The van der Waals surface area contributed by atoms with Gasteiger partial charge in [-0.05, 0) is 19.9 Å². The Hall–Kier alpha value is -0.450. The third kappa shape index (κ3) is 5.58. The van der Waals surface area contributed by atoms with E-state index in [9.17, 15) is 4.79 Å². The van der Waals surface area contributed by atoms with Gasteiger partial charge in [0.2, 0.25) is 0 Å². The standard InChI is InChI=1S/C12H24N2O2.H2/c1-3-11(15)10-13-6-9-16-12-4-7-14(2)8-5-12;/h12-13H,3-10H2,1-2H3;1H.